The van der Waals surface area contributed by atoms with Gasteiger partial charge in [0.05, 0.1) is 11.4 Å². The summed E-state index contributed by atoms with van der Waals surface area (Å²) < 4.78 is 6.55. The van der Waals surface area contributed by atoms with Gasteiger partial charge in [0.1, 0.15) is 0 Å². The van der Waals surface area contributed by atoms with Crippen LogP contribution >= 0.6 is 22.7 Å². The van der Waals surface area contributed by atoms with Gasteiger partial charge in [-0.15, -0.1) is 11.3 Å². The Bertz CT molecular complexity index is 1060. The summed E-state index contributed by atoms with van der Waals surface area (Å²) in [6.07, 6.45) is 0. The molecule has 0 spiro atoms. The van der Waals surface area contributed by atoms with E-state index in [1.165, 1.54) is 0 Å². The molecule has 4 aromatic rings. The van der Waals surface area contributed by atoms with Crippen LogP contribution in [-0.2, 0) is 6.54 Å². The SMILES string of the molecule is O=C(c1cc2ccccc2s1)N1CCN(Cc2nc(-c3ccsc3)no2)CC1. The highest BCUT2D eigenvalue weighted by Gasteiger charge is 2.24. The van der Waals surface area contributed by atoms with Gasteiger partial charge in [-0.1, -0.05) is 23.4 Å². The van der Waals surface area contributed by atoms with Crippen LogP contribution in [-0.4, -0.2) is 52.0 Å². The largest absolute Gasteiger partial charge is 0.338 e. The van der Waals surface area contributed by atoms with Gasteiger partial charge in [-0.3, -0.25) is 9.69 Å². The summed E-state index contributed by atoms with van der Waals surface area (Å²) in [7, 11) is 0. The Hall–Kier alpha value is -2.55. The maximum Gasteiger partial charge on any atom is 0.264 e. The van der Waals surface area contributed by atoms with Crippen molar-refractivity contribution in [2.45, 2.75) is 6.54 Å². The van der Waals surface area contributed by atoms with E-state index in [4.69, 9.17) is 4.52 Å². The molecule has 4 heterocycles. The molecule has 0 radical (unpaired) electrons. The van der Waals surface area contributed by atoms with Gasteiger partial charge < -0.3 is 9.42 Å². The molecule has 0 N–H and O–H groups in total. The summed E-state index contributed by atoms with van der Waals surface area (Å²) >= 11 is 3.18. The van der Waals surface area contributed by atoms with Crippen molar-refractivity contribution in [2.75, 3.05) is 26.2 Å². The highest BCUT2D eigenvalue weighted by molar-refractivity contribution is 7.20. The number of rotatable bonds is 4. The van der Waals surface area contributed by atoms with Crippen molar-refractivity contribution in [3.63, 3.8) is 0 Å². The number of carbonyl (C=O) groups excluding carboxylic acids is 1. The molecule has 8 heteroatoms. The van der Waals surface area contributed by atoms with Gasteiger partial charge >= 0.3 is 0 Å². The summed E-state index contributed by atoms with van der Waals surface area (Å²) in [5, 5.41) is 9.20. The zero-order valence-electron chi connectivity index (χ0n) is 15.1. The number of hydrogen-bond acceptors (Lipinski definition) is 7. The average molecular weight is 411 g/mol. The molecule has 0 bridgehead atoms. The third kappa shape index (κ3) is 3.46. The third-order valence-electron chi connectivity index (χ3n) is 4.90. The zero-order chi connectivity index (χ0) is 18.9. The molecule has 142 valence electrons. The fourth-order valence-corrected chi connectivity index (χ4v) is 5.04. The minimum atomic E-state index is 0.124. The Morgan fingerprint density at radius 2 is 2.00 bits per heavy atom. The van der Waals surface area contributed by atoms with Gasteiger partial charge in [0, 0.05) is 41.8 Å². The molecule has 1 aromatic carbocycles. The first-order chi connectivity index (χ1) is 13.8. The van der Waals surface area contributed by atoms with E-state index >= 15 is 0 Å². The summed E-state index contributed by atoms with van der Waals surface area (Å²) in [5.74, 6) is 1.37. The number of amides is 1. The Balaban J connectivity index is 1.20. The number of piperazine rings is 1. The van der Waals surface area contributed by atoms with Crippen molar-refractivity contribution >= 4 is 38.7 Å². The number of fused-ring (bicyclic) bond motifs is 1. The molecule has 3 aromatic heterocycles. The molecule has 0 aliphatic carbocycles. The van der Waals surface area contributed by atoms with Crippen molar-refractivity contribution in [1.29, 1.82) is 0 Å². The van der Waals surface area contributed by atoms with Gasteiger partial charge in [0.25, 0.3) is 5.91 Å². The predicted molar refractivity (Wildman–Crippen MR) is 111 cm³/mol. The van der Waals surface area contributed by atoms with Crippen molar-refractivity contribution < 1.29 is 9.32 Å². The molecule has 28 heavy (non-hydrogen) atoms. The van der Waals surface area contributed by atoms with Gasteiger partial charge in [0.15, 0.2) is 0 Å². The van der Waals surface area contributed by atoms with Crippen LogP contribution in [0.3, 0.4) is 0 Å². The molecule has 0 atom stereocenters. The predicted octanol–water partition coefficient (Wildman–Crippen LogP) is 3.97. The fourth-order valence-electron chi connectivity index (χ4n) is 3.37. The summed E-state index contributed by atoms with van der Waals surface area (Å²) in [6, 6.07) is 12.1. The van der Waals surface area contributed by atoms with E-state index in [-0.39, 0.29) is 5.91 Å². The van der Waals surface area contributed by atoms with E-state index in [0.29, 0.717) is 31.3 Å². The minimum absolute atomic E-state index is 0.124. The van der Waals surface area contributed by atoms with Crippen molar-refractivity contribution in [2.24, 2.45) is 0 Å². The lowest BCUT2D eigenvalue weighted by Gasteiger charge is -2.33. The van der Waals surface area contributed by atoms with Crippen LogP contribution in [0, 0.1) is 0 Å². The van der Waals surface area contributed by atoms with Crippen LogP contribution in [0.5, 0.6) is 0 Å². The molecule has 0 saturated carbocycles. The number of benzene rings is 1. The van der Waals surface area contributed by atoms with E-state index in [9.17, 15) is 4.79 Å². The smallest absolute Gasteiger partial charge is 0.264 e. The standard InChI is InChI=1S/C20H18N4O2S2/c25-20(17-11-14-3-1-2-4-16(14)28-17)24-8-6-23(7-9-24)12-18-21-19(22-26-18)15-5-10-27-13-15/h1-5,10-11,13H,6-9,12H2. The van der Waals surface area contributed by atoms with Crippen LogP contribution in [0.4, 0.5) is 0 Å². The van der Waals surface area contributed by atoms with E-state index in [0.717, 1.165) is 33.6 Å². The summed E-state index contributed by atoms with van der Waals surface area (Å²) in [6.45, 7) is 3.62. The Kier molecular flexibility index (Phi) is 4.67. The first-order valence-electron chi connectivity index (χ1n) is 9.11. The second-order valence-corrected chi connectivity index (χ2v) is 8.60. The first-order valence-corrected chi connectivity index (χ1v) is 10.9. The van der Waals surface area contributed by atoms with Crippen molar-refractivity contribution in [3.8, 4) is 11.4 Å². The monoisotopic (exact) mass is 410 g/mol. The van der Waals surface area contributed by atoms with Crippen molar-refractivity contribution in [3.05, 3.63) is 57.9 Å². The molecule has 1 saturated heterocycles. The molecule has 6 nitrogen and oxygen atoms in total. The zero-order valence-corrected chi connectivity index (χ0v) is 16.7. The van der Waals surface area contributed by atoms with Crippen LogP contribution in [0.15, 0.2) is 51.7 Å². The average Bonchev–Trinajstić information content (AvgIpc) is 3.47. The Morgan fingerprint density at radius 3 is 2.79 bits per heavy atom. The van der Waals surface area contributed by atoms with E-state index in [1.807, 2.05) is 39.9 Å². The molecule has 1 aliphatic rings. The van der Waals surface area contributed by atoms with Gasteiger partial charge in [-0.2, -0.15) is 16.3 Å². The van der Waals surface area contributed by atoms with E-state index < -0.39 is 0 Å². The third-order valence-corrected chi connectivity index (χ3v) is 6.69. The van der Waals surface area contributed by atoms with E-state index in [2.05, 4.69) is 27.2 Å². The lowest BCUT2D eigenvalue weighted by atomic mass is 10.2. The second-order valence-electron chi connectivity index (χ2n) is 6.74. The lowest BCUT2D eigenvalue weighted by Crippen LogP contribution is -2.48. The second kappa shape index (κ2) is 7.46. The molecular weight excluding hydrogens is 392 g/mol. The minimum Gasteiger partial charge on any atom is -0.338 e. The maximum atomic E-state index is 12.8. The number of nitrogens with zero attached hydrogens (tertiary/aromatic N) is 4. The molecule has 1 aliphatic heterocycles. The normalized spacial score (nSPS) is 15.4. The van der Waals surface area contributed by atoms with Crippen LogP contribution < -0.4 is 0 Å². The topological polar surface area (TPSA) is 62.5 Å². The van der Waals surface area contributed by atoms with Gasteiger partial charge in [-0.25, -0.2) is 0 Å². The molecule has 0 unspecified atom stereocenters. The number of thiophene rings is 2. The first kappa shape index (κ1) is 17.5. The van der Waals surface area contributed by atoms with E-state index in [1.54, 1.807) is 22.7 Å². The van der Waals surface area contributed by atoms with Gasteiger partial charge in [0.2, 0.25) is 11.7 Å². The Labute approximate surface area is 170 Å². The van der Waals surface area contributed by atoms with Crippen LogP contribution in [0.25, 0.3) is 21.5 Å². The number of carbonyl (C=O) groups is 1. The summed E-state index contributed by atoms with van der Waals surface area (Å²) in [5.41, 5.74) is 0.985. The van der Waals surface area contributed by atoms with Crippen molar-refractivity contribution in [1.82, 2.24) is 19.9 Å². The molecule has 1 amide bonds. The number of aromatic nitrogens is 2. The Morgan fingerprint density at radius 1 is 1.14 bits per heavy atom. The maximum absolute atomic E-state index is 12.8. The van der Waals surface area contributed by atoms with Gasteiger partial charge in [-0.05, 0) is 29.0 Å². The molecule has 5 rings (SSSR count). The highest BCUT2D eigenvalue weighted by atomic mass is 32.1. The number of hydrogen-bond donors (Lipinski definition) is 0. The molecule has 1 fully saturated rings. The summed E-state index contributed by atoms with van der Waals surface area (Å²) in [4.78, 5) is 22.3. The lowest BCUT2D eigenvalue weighted by molar-refractivity contribution is 0.0620. The van der Waals surface area contributed by atoms with Crippen LogP contribution in [0.1, 0.15) is 15.6 Å². The quantitative estimate of drug-likeness (QED) is 0.509. The fraction of sp³-hybridized carbons (Fsp3) is 0.250. The highest BCUT2D eigenvalue weighted by Crippen LogP contribution is 2.26. The molecular formula is C20H18N4O2S2. The van der Waals surface area contributed by atoms with Crippen LogP contribution in [0.2, 0.25) is 0 Å².